The number of halogens is 1. The van der Waals surface area contributed by atoms with Gasteiger partial charge in [0.05, 0.1) is 36.6 Å². The first-order chi connectivity index (χ1) is 15.0. The summed E-state index contributed by atoms with van der Waals surface area (Å²) in [4.78, 5) is 16.8. The minimum Gasteiger partial charge on any atom is -0.496 e. The highest BCUT2D eigenvalue weighted by Gasteiger charge is 2.15. The summed E-state index contributed by atoms with van der Waals surface area (Å²) >= 11 is 6.04. The molecule has 0 radical (unpaired) electrons. The average molecular weight is 439 g/mol. The Morgan fingerprint density at radius 3 is 2.77 bits per heavy atom. The van der Waals surface area contributed by atoms with Crippen molar-refractivity contribution in [3.63, 3.8) is 0 Å². The normalized spacial score (nSPS) is 11.1. The lowest BCUT2D eigenvalue weighted by molar-refractivity contribution is -0.144. The molecule has 160 valence electrons. The molecule has 2 aromatic heterocycles. The van der Waals surface area contributed by atoms with Crippen molar-refractivity contribution >= 4 is 28.6 Å². The fourth-order valence-electron chi connectivity index (χ4n) is 3.49. The van der Waals surface area contributed by atoms with Gasteiger partial charge in [0, 0.05) is 29.9 Å². The quantitative estimate of drug-likeness (QED) is 0.400. The molecule has 0 aliphatic heterocycles. The fraction of sp³-hybridized carbons (Fsp3) is 0.261. The van der Waals surface area contributed by atoms with Gasteiger partial charge in [-0.05, 0) is 48.9 Å². The smallest absolute Gasteiger partial charge is 0.312 e. The van der Waals surface area contributed by atoms with Gasteiger partial charge in [-0.25, -0.2) is 4.98 Å². The van der Waals surface area contributed by atoms with Crippen LogP contribution in [0.2, 0.25) is 5.02 Å². The number of rotatable bonds is 7. The summed E-state index contributed by atoms with van der Waals surface area (Å²) in [5.41, 5.74) is 5.12. The molecule has 0 amide bonds. The second-order valence-electron chi connectivity index (χ2n) is 7.18. The molecule has 0 saturated carbocycles. The van der Waals surface area contributed by atoms with Crippen molar-refractivity contribution < 1.29 is 14.3 Å². The zero-order valence-electron chi connectivity index (χ0n) is 17.6. The van der Waals surface area contributed by atoms with E-state index in [1.54, 1.807) is 31.0 Å². The van der Waals surface area contributed by atoms with Crippen LogP contribution in [0.25, 0.3) is 22.3 Å². The van der Waals surface area contributed by atoms with Crippen LogP contribution >= 0.6 is 11.6 Å². The highest BCUT2D eigenvalue weighted by atomic mass is 35.5. The number of aromatic nitrogens is 4. The number of aryl methyl sites for hydroxylation is 2. The topological polar surface area (TPSA) is 71.2 Å². The summed E-state index contributed by atoms with van der Waals surface area (Å²) in [6, 6.07) is 13.1. The van der Waals surface area contributed by atoms with Crippen LogP contribution < -0.4 is 4.74 Å². The molecule has 7 nitrogen and oxygen atoms in total. The predicted octanol–water partition coefficient (Wildman–Crippen LogP) is 4.40. The number of hydrogen-bond acceptors (Lipinski definition) is 5. The summed E-state index contributed by atoms with van der Waals surface area (Å²) in [7, 11) is 3.38. The first kappa shape index (κ1) is 20.9. The van der Waals surface area contributed by atoms with Gasteiger partial charge >= 0.3 is 5.97 Å². The Morgan fingerprint density at radius 1 is 1.16 bits per heavy atom. The maximum absolute atomic E-state index is 12.4. The van der Waals surface area contributed by atoms with Gasteiger partial charge in [-0.15, -0.1) is 0 Å². The van der Waals surface area contributed by atoms with Crippen LogP contribution in [0.4, 0.5) is 0 Å². The van der Waals surface area contributed by atoms with Crippen LogP contribution in [-0.2, 0) is 36.2 Å². The molecule has 0 aliphatic rings. The number of fused-ring (bicyclic) bond motifs is 1. The average Bonchev–Trinajstić information content (AvgIpc) is 3.34. The molecule has 0 saturated heterocycles. The first-order valence-electron chi connectivity index (χ1n) is 9.94. The standard InChI is InChI=1S/C23H23ClN4O3/c1-4-28-14-25-20-9-15(5-8-21(20)28)13-31-23(29)12-17-11-19(26-27(17)2)18-7-6-16(24)10-22(18)30-3/h5-11,14H,4,12-13H2,1-3H3. The molecular weight excluding hydrogens is 416 g/mol. The van der Waals surface area contributed by atoms with Crippen molar-refractivity contribution in [2.45, 2.75) is 26.5 Å². The van der Waals surface area contributed by atoms with E-state index in [0.717, 1.165) is 34.4 Å². The van der Waals surface area contributed by atoms with Gasteiger partial charge in [0.25, 0.3) is 0 Å². The van der Waals surface area contributed by atoms with E-state index in [1.807, 2.05) is 36.7 Å². The number of ether oxygens (including phenoxy) is 2. The van der Waals surface area contributed by atoms with Gasteiger partial charge in [0.1, 0.15) is 12.4 Å². The molecule has 0 N–H and O–H groups in total. The van der Waals surface area contributed by atoms with Crippen molar-refractivity contribution in [3.8, 4) is 17.0 Å². The number of imidazole rings is 1. The summed E-state index contributed by atoms with van der Waals surface area (Å²) in [5, 5.41) is 5.09. The zero-order valence-corrected chi connectivity index (χ0v) is 18.4. The van der Waals surface area contributed by atoms with E-state index in [1.165, 1.54) is 0 Å². The summed E-state index contributed by atoms with van der Waals surface area (Å²) in [5.74, 6) is 0.303. The lowest BCUT2D eigenvalue weighted by Gasteiger charge is -2.06. The molecule has 4 rings (SSSR count). The molecule has 2 heterocycles. The molecule has 2 aromatic carbocycles. The van der Waals surface area contributed by atoms with Crippen molar-refractivity contribution in [2.75, 3.05) is 7.11 Å². The van der Waals surface area contributed by atoms with Crippen LogP contribution in [0.3, 0.4) is 0 Å². The van der Waals surface area contributed by atoms with Gasteiger partial charge in [-0.3, -0.25) is 9.48 Å². The maximum Gasteiger partial charge on any atom is 0.312 e. The Morgan fingerprint density at radius 2 is 2.00 bits per heavy atom. The number of hydrogen-bond donors (Lipinski definition) is 0. The second kappa shape index (κ2) is 8.81. The Labute approximate surface area is 185 Å². The van der Waals surface area contributed by atoms with Crippen molar-refractivity contribution in [1.82, 2.24) is 19.3 Å². The lowest BCUT2D eigenvalue weighted by Crippen LogP contribution is -2.11. The van der Waals surface area contributed by atoms with Crippen molar-refractivity contribution in [3.05, 3.63) is 65.1 Å². The van der Waals surface area contributed by atoms with Gasteiger partial charge in [0.15, 0.2) is 0 Å². The third-order valence-electron chi connectivity index (χ3n) is 5.17. The molecule has 0 atom stereocenters. The van der Waals surface area contributed by atoms with Crippen molar-refractivity contribution in [2.24, 2.45) is 7.05 Å². The molecule has 31 heavy (non-hydrogen) atoms. The van der Waals surface area contributed by atoms with Gasteiger partial charge in [0.2, 0.25) is 0 Å². The summed E-state index contributed by atoms with van der Waals surface area (Å²) < 4.78 is 14.6. The highest BCUT2D eigenvalue weighted by molar-refractivity contribution is 6.30. The van der Waals surface area contributed by atoms with Crippen LogP contribution in [0.1, 0.15) is 18.2 Å². The van der Waals surface area contributed by atoms with E-state index < -0.39 is 0 Å². The molecule has 0 bridgehead atoms. The van der Waals surface area contributed by atoms with Gasteiger partial charge in [-0.2, -0.15) is 5.10 Å². The largest absolute Gasteiger partial charge is 0.496 e. The number of carbonyl (C=O) groups is 1. The highest BCUT2D eigenvalue weighted by Crippen LogP contribution is 2.32. The third-order valence-corrected chi connectivity index (χ3v) is 5.40. The molecule has 4 aromatic rings. The number of nitrogens with zero attached hydrogens (tertiary/aromatic N) is 4. The molecule has 8 heteroatoms. The zero-order chi connectivity index (χ0) is 22.0. The first-order valence-corrected chi connectivity index (χ1v) is 10.3. The van der Waals surface area contributed by atoms with E-state index in [2.05, 4.69) is 21.6 Å². The molecule has 0 spiro atoms. The molecular formula is C23H23ClN4O3. The van der Waals surface area contributed by atoms with Gasteiger partial charge in [-0.1, -0.05) is 17.7 Å². The number of carbonyl (C=O) groups excluding carboxylic acids is 1. The lowest BCUT2D eigenvalue weighted by atomic mass is 10.1. The van der Waals surface area contributed by atoms with Gasteiger partial charge < -0.3 is 14.0 Å². The minimum absolute atomic E-state index is 0.117. The second-order valence-corrected chi connectivity index (χ2v) is 7.62. The van der Waals surface area contributed by atoms with E-state index in [0.29, 0.717) is 16.5 Å². The Hall–Kier alpha value is -3.32. The van der Waals surface area contributed by atoms with E-state index in [9.17, 15) is 4.79 Å². The number of benzene rings is 2. The SMILES string of the molecule is CCn1cnc2cc(COC(=O)Cc3cc(-c4ccc(Cl)cc4OC)nn3C)ccc21. The molecule has 0 unspecified atom stereocenters. The van der Waals surface area contributed by atoms with E-state index >= 15 is 0 Å². The van der Waals surface area contributed by atoms with Crippen molar-refractivity contribution in [1.29, 1.82) is 0 Å². The predicted molar refractivity (Wildman–Crippen MR) is 119 cm³/mol. The van der Waals surface area contributed by atoms with Crippen LogP contribution in [0.15, 0.2) is 48.8 Å². The Kier molecular flexibility index (Phi) is 5.95. The number of esters is 1. The summed E-state index contributed by atoms with van der Waals surface area (Å²) in [6.07, 6.45) is 1.93. The minimum atomic E-state index is -0.322. The number of methoxy groups -OCH3 is 1. The maximum atomic E-state index is 12.4. The summed E-state index contributed by atoms with van der Waals surface area (Å²) in [6.45, 7) is 3.13. The Balaban J connectivity index is 1.43. The molecule has 0 fully saturated rings. The van der Waals surface area contributed by atoms with Crippen LogP contribution in [0, 0.1) is 0 Å². The Bertz CT molecular complexity index is 1250. The molecule has 0 aliphatic carbocycles. The monoisotopic (exact) mass is 438 g/mol. The van der Waals surface area contributed by atoms with Crippen LogP contribution in [-0.4, -0.2) is 32.4 Å². The fourth-order valence-corrected chi connectivity index (χ4v) is 3.66. The van der Waals surface area contributed by atoms with Crippen LogP contribution in [0.5, 0.6) is 5.75 Å². The van der Waals surface area contributed by atoms with E-state index in [-0.39, 0.29) is 19.0 Å². The third kappa shape index (κ3) is 4.41. The van der Waals surface area contributed by atoms with E-state index in [4.69, 9.17) is 21.1 Å².